The van der Waals surface area contributed by atoms with Gasteiger partial charge in [-0.3, -0.25) is 4.79 Å². The quantitative estimate of drug-likeness (QED) is 0.683. The van der Waals surface area contributed by atoms with E-state index in [0.717, 1.165) is 28.1 Å². The molecule has 0 spiro atoms. The molecule has 3 aromatic rings. The molecule has 0 radical (unpaired) electrons. The minimum absolute atomic E-state index is 0.00342. The summed E-state index contributed by atoms with van der Waals surface area (Å²) in [5, 5.41) is 3.88. The molecule has 4 nitrogen and oxygen atoms in total. The highest BCUT2D eigenvalue weighted by atomic mass is 32.1. The van der Waals surface area contributed by atoms with Crippen molar-refractivity contribution in [2.45, 2.75) is 13.8 Å². The molecule has 0 atom stereocenters. The molecule has 24 heavy (non-hydrogen) atoms. The fourth-order valence-corrected chi connectivity index (χ4v) is 3.25. The first-order chi connectivity index (χ1) is 11.6. The number of ether oxygens (including phenoxy) is 1. The van der Waals surface area contributed by atoms with Crippen LogP contribution in [0.4, 0.5) is 10.8 Å². The zero-order valence-electron chi connectivity index (χ0n) is 13.8. The van der Waals surface area contributed by atoms with Gasteiger partial charge in [0.15, 0.2) is 5.13 Å². The summed E-state index contributed by atoms with van der Waals surface area (Å²) < 4.78 is 5.21. The SMILES string of the molecule is COc1cccc(Nc2ncc(C(=O)c3ccc(C)cc3C)s2)c1. The fraction of sp³-hybridized carbons (Fsp3) is 0.158. The maximum atomic E-state index is 12.7. The average molecular weight is 338 g/mol. The van der Waals surface area contributed by atoms with Gasteiger partial charge in [0.2, 0.25) is 5.78 Å². The first-order valence-corrected chi connectivity index (χ1v) is 8.37. The van der Waals surface area contributed by atoms with Gasteiger partial charge in [-0.05, 0) is 31.5 Å². The van der Waals surface area contributed by atoms with Crippen LogP contribution in [0.2, 0.25) is 0 Å². The molecule has 1 heterocycles. The lowest BCUT2D eigenvalue weighted by atomic mass is 10.0. The number of nitrogens with zero attached hydrogens (tertiary/aromatic N) is 1. The summed E-state index contributed by atoms with van der Waals surface area (Å²) in [6, 6.07) is 13.4. The number of benzene rings is 2. The Hall–Kier alpha value is -2.66. The summed E-state index contributed by atoms with van der Waals surface area (Å²) in [6.45, 7) is 3.97. The highest BCUT2D eigenvalue weighted by Gasteiger charge is 2.15. The van der Waals surface area contributed by atoms with Gasteiger partial charge < -0.3 is 10.1 Å². The number of aromatic nitrogens is 1. The van der Waals surface area contributed by atoms with E-state index in [0.29, 0.717) is 10.0 Å². The van der Waals surface area contributed by atoms with Crippen molar-refractivity contribution in [3.63, 3.8) is 0 Å². The van der Waals surface area contributed by atoms with Crippen molar-refractivity contribution in [1.82, 2.24) is 4.98 Å². The van der Waals surface area contributed by atoms with Crippen LogP contribution >= 0.6 is 11.3 Å². The summed E-state index contributed by atoms with van der Waals surface area (Å²) in [6.07, 6.45) is 1.62. The van der Waals surface area contributed by atoms with E-state index in [1.807, 2.05) is 56.3 Å². The van der Waals surface area contributed by atoms with Crippen molar-refractivity contribution >= 4 is 27.9 Å². The van der Waals surface area contributed by atoms with Crippen molar-refractivity contribution in [3.8, 4) is 5.75 Å². The van der Waals surface area contributed by atoms with E-state index in [1.54, 1.807) is 13.3 Å². The molecule has 0 unspecified atom stereocenters. The molecule has 5 heteroatoms. The molecule has 0 amide bonds. The number of hydrogen-bond donors (Lipinski definition) is 1. The smallest absolute Gasteiger partial charge is 0.204 e. The van der Waals surface area contributed by atoms with Crippen molar-refractivity contribution in [1.29, 1.82) is 0 Å². The van der Waals surface area contributed by atoms with Crippen molar-refractivity contribution in [3.05, 3.63) is 70.2 Å². The van der Waals surface area contributed by atoms with E-state index in [1.165, 1.54) is 11.3 Å². The molecule has 0 aliphatic rings. The van der Waals surface area contributed by atoms with Crippen LogP contribution < -0.4 is 10.1 Å². The summed E-state index contributed by atoms with van der Waals surface area (Å²) in [4.78, 5) is 17.6. The number of methoxy groups -OCH3 is 1. The van der Waals surface area contributed by atoms with E-state index in [9.17, 15) is 4.79 Å². The van der Waals surface area contributed by atoms with Gasteiger partial charge in [0.05, 0.1) is 18.2 Å². The third-order valence-corrected chi connectivity index (χ3v) is 4.59. The Morgan fingerprint density at radius 2 is 2.00 bits per heavy atom. The Bertz CT molecular complexity index is 887. The van der Waals surface area contributed by atoms with Crippen LogP contribution in [-0.4, -0.2) is 17.9 Å². The molecule has 1 aromatic heterocycles. The molecule has 0 bridgehead atoms. The predicted molar refractivity (Wildman–Crippen MR) is 97.7 cm³/mol. The molecule has 0 fully saturated rings. The first-order valence-electron chi connectivity index (χ1n) is 7.55. The molecule has 0 aliphatic heterocycles. The second-order valence-corrected chi connectivity index (χ2v) is 6.56. The maximum absolute atomic E-state index is 12.7. The van der Waals surface area contributed by atoms with Crippen molar-refractivity contribution < 1.29 is 9.53 Å². The molecule has 1 N–H and O–H groups in total. The summed E-state index contributed by atoms with van der Waals surface area (Å²) in [5.41, 5.74) is 3.72. The summed E-state index contributed by atoms with van der Waals surface area (Å²) >= 11 is 1.34. The number of ketones is 1. The lowest BCUT2D eigenvalue weighted by Crippen LogP contribution is -2.01. The lowest BCUT2D eigenvalue weighted by Gasteiger charge is -2.05. The van der Waals surface area contributed by atoms with Gasteiger partial charge in [0, 0.05) is 17.3 Å². The minimum Gasteiger partial charge on any atom is -0.497 e. The Kier molecular flexibility index (Phi) is 4.62. The van der Waals surface area contributed by atoms with Crippen LogP contribution in [0.5, 0.6) is 5.75 Å². The highest BCUT2D eigenvalue weighted by Crippen LogP contribution is 2.27. The van der Waals surface area contributed by atoms with Gasteiger partial charge in [0.1, 0.15) is 5.75 Å². The Morgan fingerprint density at radius 1 is 1.17 bits per heavy atom. The second-order valence-electron chi connectivity index (χ2n) is 5.53. The molecule has 0 saturated heterocycles. The Balaban J connectivity index is 1.81. The number of thiazole rings is 1. The Labute approximate surface area is 145 Å². The van der Waals surface area contributed by atoms with E-state index in [2.05, 4.69) is 10.3 Å². The summed E-state index contributed by atoms with van der Waals surface area (Å²) in [5.74, 6) is 0.770. The molecule has 2 aromatic carbocycles. The number of nitrogens with one attached hydrogen (secondary N) is 1. The third kappa shape index (κ3) is 3.46. The lowest BCUT2D eigenvalue weighted by molar-refractivity contribution is 0.104. The number of hydrogen-bond acceptors (Lipinski definition) is 5. The predicted octanol–water partition coefficient (Wildman–Crippen LogP) is 4.74. The molecule has 0 saturated carbocycles. The molecular formula is C19H18N2O2S. The molecule has 122 valence electrons. The molecule has 0 aliphatic carbocycles. The standard InChI is InChI=1S/C19H18N2O2S/c1-12-7-8-16(13(2)9-12)18(22)17-11-20-19(24-17)21-14-5-4-6-15(10-14)23-3/h4-11H,1-3H3,(H,20,21). The number of rotatable bonds is 5. The van der Waals surface area contributed by atoms with Crippen LogP contribution in [0.25, 0.3) is 0 Å². The third-order valence-electron chi connectivity index (χ3n) is 3.68. The number of carbonyl (C=O) groups is 1. The normalized spacial score (nSPS) is 10.5. The molecular weight excluding hydrogens is 320 g/mol. The van der Waals surface area contributed by atoms with Gasteiger partial charge in [-0.25, -0.2) is 4.98 Å². The van der Waals surface area contributed by atoms with Gasteiger partial charge >= 0.3 is 0 Å². The van der Waals surface area contributed by atoms with E-state index < -0.39 is 0 Å². The fourth-order valence-electron chi connectivity index (χ4n) is 2.46. The zero-order valence-corrected chi connectivity index (χ0v) is 14.6. The first kappa shape index (κ1) is 16.2. The summed E-state index contributed by atoms with van der Waals surface area (Å²) in [7, 11) is 1.63. The minimum atomic E-state index is 0.00342. The zero-order chi connectivity index (χ0) is 17.1. The Morgan fingerprint density at radius 3 is 2.75 bits per heavy atom. The van der Waals surface area contributed by atoms with Crippen LogP contribution in [0.3, 0.4) is 0 Å². The van der Waals surface area contributed by atoms with Crippen molar-refractivity contribution in [2.24, 2.45) is 0 Å². The second kappa shape index (κ2) is 6.84. The van der Waals surface area contributed by atoms with Crippen LogP contribution in [0, 0.1) is 13.8 Å². The van der Waals surface area contributed by atoms with E-state index >= 15 is 0 Å². The van der Waals surface area contributed by atoms with Crippen LogP contribution in [0.15, 0.2) is 48.7 Å². The van der Waals surface area contributed by atoms with Gasteiger partial charge in [-0.2, -0.15) is 0 Å². The van der Waals surface area contributed by atoms with Gasteiger partial charge in [-0.1, -0.05) is 41.2 Å². The van der Waals surface area contributed by atoms with Crippen LogP contribution in [-0.2, 0) is 0 Å². The van der Waals surface area contributed by atoms with E-state index in [-0.39, 0.29) is 5.78 Å². The highest BCUT2D eigenvalue weighted by molar-refractivity contribution is 7.17. The number of anilines is 2. The van der Waals surface area contributed by atoms with Crippen LogP contribution in [0.1, 0.15) is 26.4 Å². The number of aryl methyl sites for hydroxylation is 2. The maximum Gasteiger partial charge on any atom is 0.204 e. The van der Waals surface area contributed by atoms with Gasteiger partial charge in [0.25, 0.3) is 0 Å². The average Bonchev–Trinajstić information content (AvgIpc) is 3.03. The van der Waals surface area contributed by atoms with E-state index in [4.69, 9.17) is 4.74 Å². The largest absolute Gasteiger partial charge is 0.497 e. The van der Waals surface area contributed by atoms with Crippen molar-refractivity contribution in [2.75, 3.05) is 12.4 Å². The topological polar surface area (TPSA) is 51.2 Å². The number of carbonyl (C=O) groups excluding carboxylic acids is 1. The molecule has 3 rings (SSSR count). The monoisotopic (exact) mass is 338 g/mol. The van der Waals surface area contributed by atoms with Gasteiger partial charge in [-0.15, -0.1) is 0 Å².